The highest BCUT2D eigenvalue weighted by molar-refractivity contribution is 5.77. The van der Waals surface area contributed by atoms with Crippen molar-refractivity contribution in [3.05, 3.63) is 82.4 Å². The van der Waals surface area contributed by atoms with Crippen LogP contribution in [0, 0.1) is 6.92 Å². The molecule has 12 nitrogen and oxygen atoms in total. The average Bonchev–Trinajstić information content (AvgIpc) is 3.33. The summed E-state index contributed by atoms with van der Waals surface area (Å²) in [5.74, 6) is 0.0298. The molecule has 0 saturated heterocycles. The lowest BCUT2D eigenvalue weighted by molar-refractivity contribution is -0.137. The summed E-state index contributed by atoms with van der Waals surface area (Å²) in [7, 11) is 0. The lowest BCUT2D eigenvalue weighted by Gasteiger charge is -2.19. The number of amides is 1. The van der Waals surface area contributed by atoms with E-state index >= 15 is 0 Å². The van der Waals surface area contributed by atoms with Gasteiger partial charge in [-0.2, -0.15) is 4.98 Å². The van der Waals surface area contributed by atoms with Gasteiger partial charge >= 0.3 is 17.8 Å². The van der Waals surface area contributed by atoms with E-state index in [0.717, 1.165) is 23.0 Å². The van der Waals surface area contributed by atoms with Crippen LogP contribution in [0.25, 0.3) is 11.0 Å². The maximum absolute atomic E-state index is 12.7. The number of imidazole rings is 1. The molecule has 39 heavy (non-hydrogen) atoms. The smallest absolute Gasteiger partial charge is 0.407 e. The molecule has 2 aromatic carbocycles. The number of carboxylic acid groups (broad SMARTS) is 1. The van der Waals surface area contributed by atoms with Crippen molar-refractivity contribution in [2.75, 3.05) is 23.7 Å². The molecule has 0 radical (unpaired) electrons. The number of fused-ring (bicyclic) bond motifs is 1. The van der Waals surface area contributed by atoms with Crippen LogP contribution in [0.15, 0.2) is 65.6 Å². The topological polar surface area (TPSA) is 163 Å². The van der Waals surface area contributed by atoms with E-state index in [1.807, 2.05) is 54.6 Å². The molecule has 4 aromatic rings. The molecule has 0 bridgehead atoms. The minimum Gasteiger partial charge on any atom is -0.481 e. The van der Waals surface area contributed by atoms with Crippen LogP contribution in [0.2, 0.25) is 0 Å². The van der Waals surface area contributed by atoms with E-state index in [9.17, 15) is 19.5 Å². The normalized spacial score (nSPS) is 11.6. The highest BCUT2D eigenvalue weighted by atomic mass is 16.5. The van der Waals surface area contributed by atoms with Crippen molar-refractivity contribution in [2.24, 2.45) is 0 Å². The van der Waals surface area contributed by atoms with Gasteiger partial charge in [-0.25, -0.2) is 14.6 Å². The van der Waals surface area contributed by atoms with E-state index in [1.54, 1.807) is 13.1 Å². The number of carbonyl (C=O) groups is 2. The fourth-order valence-corrected chi connectivity index (χ4v) is 3.99. The largest absolute Gasteiger partial charge is 0.481 e. The number of aromatic nitrogens is 4. The van der Waals surface area contributed by atoms with Gasteiger partial charge < -0.3 is 30.8 Å². The van der Waals surface area contributed by atoms with E-state index in [-0.39, 0.29) is 19.6 Å². The lowest BCUT2D eigenvalue weighted by atomic mass is 10.2. The highest BCUT2D eigenvalue weighted by Gasteiger charge is 2.19. The molecule has 12 heteroatoms. The van der Waals surface area contributed by atoms with Crippen molar-refractivity contribution >= 4 is 34.9 Å². The Hall–Kier alpha value is -4.87. The summed E-state index contributed by atoms with van der Waals surface area (Å²) in [5.41, 5.74) is 2.80. The van der Waals surface area contributed by atoms with Gasteiger partial charge in [0.05, 0.1) is 23.5 Å². The number of carbonyl (C=O) groups excluding carboxylic acids is 1. The molecule has 204 valence electrons. The van der Waals surface area contributed by atoms with Crippen LogP contribution in [0.3, 0.4) is 0 Å². The first-order valence-corrected chi connectivity index (χ1v) is 12.6. The number of alkyl carbamates (subject to hydrolysis) is 1. The van der Waals surface area contributed by atoms with Crippen LogP contribution in [-0.4, -0.2) is 55.8 Å². The Morgan fingerprint density at radius 2 is 1.79 bits per heavy atom. The summed E-state index contributed by atoms with van der Waals surface area (Å²) < 4.78 is 6.48. The number of hydrogen-bond donors (Lipinski definition) is 5. The molecule has 0 aliphatic heterocycles. The molecule has 0 unspecified atom stereocenters. The zero-order valence-corrected chi connectivity index (χ0v) is 21.5. The highest BCUT2D eigenvalue weighted by Crippen LogP contribution is 2.13. The first-order valence-electron chi connectivity index (χ1n) is 12.6. The van der Waals surface area contributed by atoms with Crippen LogP contribution in [0.4, 0.5) is 16.6 Å². The quantitative estimate of drug-likeness (QED) is 0.162. The second kappa shape index (κ2) is 13.1. The summed E-state index contributed by atoms with van der Waals surface area (Å²) in [5, 5.41) is 18.2. The van der Waals surface area contributed by atoms with Gasteiger partial charge in [0, 0.05) is 31.4 Å². The van der Waals surface area contributed by atoms with Crippen LogP contribution >= 0.6 is 0 Å². The summed E-state index contributed by atoms with van der Waals surface area (Å²) in [6.45, 7) is 3.00. The van der Waals surface area contributed by atoms with Gasteiger partial charge in [0.15, 0.2) is 0 Å². The van der Waals surface area contributed by atoms with Crippen molar-refractivity contribution in [3.8, 4) is 0 Å². The molecule has 0 spiro atoms. The summed E-state index contributed by atoms with van der Waals surface area (Å²) >= 11 is 0. The fraction of sp³-hybridized carbons (Fsp3) is 0.296. The Bertz CT molecular complexity index is 1440. The summed E-state index contributed by atoms with van der Waals surface area (Å²) in [6, 6.07) is 16.0. The van der Waals surface area contributed by atoms with Gasteiger partial charge in [-0.05, 0) is 31.0 Å². The van der Waals surface area contributed by atoms with Gasteiger partial charge in [-0.15, -0.1) is 0 Å². The maximum atomic E-state index is 12.7. The van der Waals surface area contributed by atoms with E-state index in [4.69, 9.17) is 4.74 Å². The number of nitrogens with one attached hydrogen (secondary N) is 4. The van der Waals surface area contributed by atoms with Gasteiger partial charge in [-0.1, -0.05) is 42.5 Å². The Morgan fingerprint density at radius 1 is 1.05 bits per heavy atom. The Labute approximate surface area is 224 Å². The van der Waals surface area contributed by atoms with Crippen molar-refractivity contribution in [3.63, 3.8) is 0 Å². The third-order valence-corrected chi connectivity index (χ3v) is 5.88. The number of rotatable bonds is 13. The molecule has 1 atom stereocenters. The number of anilines is 2. The van der Waals surface area contributed by atoms with Gasteiger partial charge in [0.2, 0.25) is 5.95 Å². The summed E-state index contributed by atoms with van der Waals surface area (Å²) in [6.07, 6.45) is 1.19. The Morgan fingerprint density at radius 3 is 2.56 bits per heavy atom. The molecule has 2 aromatic heterocycles. The number of ether oxygens (including phenoxy) is 1. The number of hydrogen-bond acceptors (Lipinski definition) is 8. The molecule has 1 amide bonds. The lowest BCUT2D eigenvalue weighted by Crippen LogP contribution is -2.42. The van der Waals surface area contributed by atoms with Gasteiger partial charge in [0.25, 0.3) is 0 Å². The van der Waals surface area contributed by atoms with Gasteiger partial charge in [0.1, 0.15) is 12.4 Å². The minimum absolute atomic E-state index is 0.0429. The number of aliphatic carboxylic acids is 1. The van der Waals surface area contributed by atoms with Crippen molar-refractivity contribution in [1.29, 1.82) is 0 Å². The third kappa shape index (κ3) is 8.06. The zero-order valence-electron chi connectivity index (χ0n) is 21.5. The van der Waals surface area contributed by atoms with Gasteiger partial charge in [-0.3, -0.25) is 9.36 Å². The number of aryl methyl sites for hydroxylation is 1. The fourth-order valence-electron chi connectivity index (χ4n) is 3.99. The molecule has 4 rings (SSSR count). The van der Waals surface area contributed by atoms with Crippen LogP contribution in [0.5, 0.6) is 0 Å². The number of benzene rings is 2. The molecule has 0 aliphatic carbocycles. The molecule has 5 N–H and O–H groups in total. The molecular formula is C27H31N7O5. The van der Waals surface area contributed by atoms with Crippen molar-refractivity contribution in [2.45, 2.75) is 39.0 Å². The number of para-hydroxylation sites is 2. The van der Waals surface area contributed by atoms with E-state index in [0.29, 0.717) is 30.4 Å². The monoisotopic (exact) mass is 533 g/mol. The Kier molecular flexibility index (Phi) is 9.11. The number of H-pyrrole nitrogens is 1. The first-order chi connectivity index (χ1) is 18.9. The maximum Gasteiger partial charge on any atom is 0.407 e. The SMILES string of the molecule is Cc1cn(C[C@@H](CC(=O)O)NC(=O)OCc2ccccc2)c(=O)nc1NCCCNc1nc2ccccc2[nH]1. The zero-order chi connectivity index (χ0) is 27.6. The standard InChI is InChI=1S/C27H31N7O5/c1-18-15-34(16-20(14-23(35)36)30-27(38)39-17-19-8-3-2-4-9-19)26(37)33-24(18)28-12-7-13-29-25-31-21-10-5-6-11-22(21)32-25/h2-6,8-11,15,20H,7,12-14,16-17H2,1H3,(H,30,38)(H,35,36)(H,28,33,37)(H2,29,31,32)/t20-/m1/s1. The minimum atomic E-state index is -1.12. The number of carboxylic acids is 1. The van der Waals surface area contributed by atoms with Crippen LogP contribution in [-0.2, 0) is 22.7 Å². The van der Waals surface area contributed by atoms with Crippen molar-refractivity contribution < 1.29 is 19.4 Å². The molecule has 2 heterocycles. The second-order valence-electron chi connectivity index (χ2n) is 9.02. The Balaban J connectivity index is 1.27. The first kappa shape index (κ1) is 27.2. The second-order valence-corrected chi connectivity index (χ2v) is 9.02. The predicted molar refractivity (Wildman–Crippen MR) is 147 cm³/mol. The predicted octanol–water partition coefficient (Wildman–Crippen LogP) is 3.11. The molecule has 0 fully saturated rings. The number of aromatic amines is 1. The molecule has 0 aliphatic rings. The third-order valence-electron chi connectivity index (χ3n) is 5.88. The van der Waals surface area contributed by atoms with Crippen LogP contribution in [0.1, 0.15) is 24.0 Å². The van der Waals surface area contributed by atoms with E-state index in [1.165, 1.54) is 4.57 Å². The van der Waals surface area contributed by atoms with Crippen LogP contribution < -0.4 is 21.6 Å². The van der Waals surface area contributed by atoms with E-state index < -0.39 is 23.8 Å². The number of nitrogens with zero attached hydrogens (tertiary/aromatic N) is 3. The average molecular weight is 534 g/mol. The van der Waals surface area contributed by atoms with Crippen molar-refractivity contribution in [1.82, 2.24) is 24.8 Å². The summed E-state index contributed by atoms with van der Waals surface area (Å²) in [4.78, 5) is 48.1. The molecular weight excluding hydrogens is 502 g/mol. The van der Waals surface area contributed by atoms with E-state index in [2.05, 4.69) is 30.9 Å². The molecule has 0 saturated carbocycles.